The Balaban J connectivity index is 1.40. The van der Waals surface area contributed by atoms with Crippen molar-refractivity contribution in [3.05, 3.63) is 57.5 Å². The molecule has 0 radical (unpaired) electrons. The van der Waals surface area contributed by atoms with Crippen LogP contribution in [0, 0.1) is 0 Å². The Labute approximate surface area is 145 Å². The zero-order valence-corrected chi connectivity index (χ0v) is 13.7. The number of carbonyl (C=O) groups excluding carboxylic acids is 1. The molecule has 0 aliphatic carbocycles. The van der Waals surface area contributed by atoms with Gasteiger partial charge < -0.3 is 19.2 Å². The van der Waals surface area contributed by atoms with Crippen LogP contribution in [0.15, 0.2) is 40.5 Å². The molecule has 126 valence electrons. The molecule has 2 aromatic heterocycles. The average Bonchev–Trinajstić information content (AvgIpc) is 3.26. The van der Waals surface area contributed by atoms with E-state index < -0.39 is 5.97 Å². The van der Waals surface area contributed by atoms with Gasteiger partial charge >= 0.3 is 5.97 Å². The van der Waals surface area contributed by atoms with E-state index in [0.29, 0.717) is 27.5 Å². The molecule has 4 rings (SSSR count). The van der Waals surface area contributed by atoms with Crippen LogP contribution < -0.4 is 15.0 Å². The van der Waals surface area contributed by atoms with Crippen molar-refractivity contribution in [1.82, 2.24) is 9.97 Å². The van der Waals surface area contributed by atoms with E-state index in [1.54, 1.807) is 35.7 Å². The van der Waals surface area contributed by atoms with E-state index in [9.17, 15) is 9.59 Å². The highest BCUT2D eigenvalue weighted by atomic mass is 32.1. The van der Waals surface area contributed by atoms with Gasteiger partial charge in [-0.2, -0.15) is 0 Å². The lowest BCUT2D eigenvalue weighted by Crippen LogP contribution is -2.12. The molecule has 0 fully saturated rings. The van der Waals surface area contributed by atoms with E-state index in [-0.39, 0.29) is 19.0 Å². The minimum absolute atomic E-state index is 0.106. The Hall–Kier alpha value is -3.13. The van der Waals surface area contributed by atoms with Crippen LogP contribution in [0.5, 0.6) is 11.5 Å². The molecule has 3 heterocycles. The second kappa shape index (κ2) is 6.40. The van der Waals surface area contributed by atoms with Gasteiger partial charge in [0.15, 0.2) is 11.5 Å². The molecule has 7 nitrogen and oxygen atoms in total. The van der Waals surface area contributed by atoms with Crippen molar-refractivity contribution >= 4 is 33.6 Å². The topological polar surface area (TPSA) is 90.5 Å². The predicted octanol–water partition coefficient (Wildman–Crippen LogP) is 2.47. The maximum atomic E-state index is 11.8. The lowest BCUT2D eigenvalue weighted by atomic mass is 10.2. The molecular formula is C17H12N2O5S. The highest BCUT2D eigenvalue weighted by Gasteiger charge is 2.12. The van der Waals surface area contributed by atoms with Crippen molar-refractivity contribution in [3.63, 3.8) is 0 Å². The fourth-order valence-corrected chi connectivity index (χ4v) is 3.08. The van der Waals surface area contributed by atoms with Gasteiger partial charge in [0, 0.05) is 6.08 Å². The van der Waals surface area contributed by atoms with E-state index in [4.69, 9.17) is 14.2 Å². The van der Waals surface area contributed by atoms with Crippen molar-refractivity contribution in [1.29, 1.82) is 0 Å². The number of hydrogen-bond acceptors (Lipinski definition) is 7. The number of aromatic amines is 1. The van der Waals surface area contributed by atoms with Gasteiger partial charge in [-0.25, -0.2) is 9.78 Å². The molecule has 0 spiro atoms. The van der Waals surface area contributed by atoms with Crippen molar-refractivity contribution in [2.45, 2.75) is 6.61 Å². The number of aromatic nitrogens is 2. The zero-order chi connectivity index (χ0) is 17.2. The molecule has 0 atom stereocenters. The summed E-state index contributed by atoms with van der Waals surface area (Å²) in [7, 11) is 0. The van der Waals surface area contributed by atoms with Crippen LogP contribution in [0.4, 0.5) is 0 Å². The van der Waals surface area contributed by atoms with Gasteiger partial charge in [0.05, 0.1) is 5.52 Å². The van der Waals surface area contributed by atoms with Crippen molar-refractivity contribution < 1.29 is 19.0 Å². The quantitative estimate of drug-likeness (QED) is 0.570. The molecule has 0 saturated heterocycles. The fourth-order valence-electron chi connectivity index (χ4n) is 2.36. The van der Waals surface area contributed by atoms with Gasteiger partial charge in [-0.15, -0.1) is 11.3 Å². The first kappa shape index (κ1) is 15.4. The smallest absolute Gasteiger partial charge is 0.331 e. The second-order valence-corrected chi connectivity index (χ2v) is 6.12. The summed E-state index contributed by atoms with van der Waals surface area (Å²) in [6.07, 6.45) is 2.92. The molecule has 0 unspecified atom stereocenters. The molecule has 3 aromatic rings. The summed E-state index contributed by atoms with van der Waals surface area (Å²) in [6.45, 7) is 0.0928. The summed E-state index contributed by atoms with van der Waals surface area (Å²) in [5, 5.41) is 1.79. The summed E-state index contributed by atoms with van der Waals surface area (Å²) in [5.41, 5.74) is 1.14. The Morgan fingerprint density at radius 3 is 3.12 bits per heavy atom. The zero-order valence-electron chi connectivity index (χ0n) is 12.9. The number of nitrogens with one attached hydrogen (secondary N) is 1. The largest absolute Gasteiger partial charge is 0.454 e. The van der Waals surface area contributed by atoms with Gasteiger partial charge in [-0.1, -0.05) is 6.07 Å². The molecule has 8 heteroatoms. The molecule has 0 bridgehead atoms. The number of ether oxygens (including phenoxy) is 3. The summed E-state index contributed by atoms with van der Waals surface area (Å²) < 4.78 is 16.2. The van der Waals surface area contributed by atoms with E-state index in [2.05, 4.69) is 9.97 Å². The first-order valence-electron chi connectivity index (χ1n) is 7.40. The highest BCUT2D eigenvalue weighted by molar-refractivity contribution is 7.17. The molecule has 1 aromatic carbocycles. The number of fused-ring (bicyclic) bond motifs is 2. The Morgan fingerprint density at radius 2 is 2.20 bits per heavy atom. The molecule has 1 aliphatic rings. The molecule has 0 saturated carbocycles. The van der Waals surface area contributed by atoms with Crippen LogP contribution >= 0.6 is 11.3 Å². The number of H-pyrrole nitrogens is 1. The molecule has 0 amide bonds. The third-order valence-electron chi connectivity index (χ3n) is 3.52. The Kier molecular flexibility index (Phi) is 3.95. The van der Waals surface area contributed by atoms with Crippen LogP contribution in [0.2, 0.25) is 0 Å². The van der Waals surface area contributed by atoms with Gasteiger partial charge in [0.2, 0.25) is 6.79 Å². The summed E-state index contributed by atoms with van der Waals surface area (Å²) in [5.74, 6) is 1.09. The lowest BCUT2D eigenvalue weighted by molar-refractivity contribution is -0.139. The van der Waals surface area contributed by atoms with Crippen LogP contribution in [0.1, 0.15) is 11.4 Å². The summed E-state index contributed by atoms with van der Waals surface area (Å²) in [4.78, 5) is 30.5. The van der Waals surface area contributed by atoms with Crippen LogP contribution in [0.3, 0.4) is 0 Å². The van der Waals surface area contributed by atoms with Crippen molar-refractivity contribution in [3.8, 4) is 11.5 Å². The Bertz CT molecular complexity index is 1040. The van der Waals surface area contributed by atoms with Crippen LogP contribution in [0.25, 0.3) is 16.3 Å². The number of benzene rings is 1. The van der Waals surface area contributed by atoms with Crippen molar-refractivity contribution in [2.75, 3.05) is 6.79 Å². The van der Waals surface area contributed by atoms with E-state index in [1.807, 2.05) is 0 Å². The maximum absolute atomic E-state index is 11.8. The van der Waals surface area contributed by atoms with Gasteiger partial charge in [0.25, 0.3) is 5.56 Å². The average molecular weight is 356 g/mol. The third kappa shape index (κ3) is 3.24. The number of esters is 1. The number of hydrogen-bond donors (Lipinski definition) is 1. The predicted molar refractivity (Wildman–Crippen MR) is 91.6 cm³/mol. The minimum atomic E-state index is -0.536. The van der Waals surface area contributed by atoms with E-state index >= 15 is 0 Å². The van der Waals surface area contributed by atoms with Gasteiger partial charge in [-0.3, -0.25) is 4.79 Å². The van der Waals surface area contributed by atoms with E-state index in [1.165, 1.54) is 17.4 Å². The molecular weight excluding hydrogens is 344 g/mol. The number of rotatable bonds is 4. The highest BCUT2D eigenvalue weighted by Crippen LogP contribution is 2.32. The van der Waals surface area contributed by atoms with Crippen LogP contribution in [-0.2, 0) is 16.1 Å². The Morgan fingerprint density at radius 1 is 1.32 bits per heavy atom. The van der Waals surface area contributed by atoms with Crippen molar-refractivity contribution in [2.24, 2.45) is 0 Å². The standard InChI is InChI=1S/C17H12N2O5S/c20-15(4-2-10-1-3-12-13(7-10)24-9-23-12)22-8-14-18-11-5-6-25-16(11)17(21)19-14/h1-7H,8-9H2,(H,18,19,21)/b4-2+. The normalized spacial score (nSPS) is 12.8. The molecule has 1 aliphatic heterocycles. The summed E-state index contributed by atoms with van der Waals surface area (Å²) >= 11 is 1.32. The fraction of sp³-hybridized carbons (Fsp3) is 0.118. The molecule has 25 heavy (non-hydrogen) atoms. The minimum Gasteiger partial charge on any atom is -0.454 e. The number of nitrogens with zero attached hydrogens (tertiary/aromatic N) is 1. The monoisotopic (exact) mass is 356 g/mol. The number of carbonyl (C=O) groups is 1. The first-order chi connectivity index (χ1) is 12.2. The maximum Gasteiger partial charge on any atom is 0.331 e. The SMILES string of the molecule is O=C(/C=C/c1ccc2c(c1)OCO2)OCc1nc2ccsc2c(=O)[nH]1. The lowest BCUT2D eigenvalue weighted by Gasteiger charge is -2.02. The second-order valence-electron chi connectivity index (χ2n) is 5.20. The first-order valence-corrected chi connectivity index (χ1v) is 8.28. The third-order valence-corrected chi connectivity index (χ3v) is 4.43. The molecule has 1 N–H and O–H groups in total. The van der Waals surface area contributed by atoms with Gasteiger partial charge in [-0.05, 0) is 35.2 Å². The summed E-state index contributed by atoms with van der Waals surface area (Å²) in [6, 6.07) is 7.11. The van der Waals surface area contributed by atoms with Crippen LogP contribution in [-0.4, -0.2) is 22.7 Å². The van der Waals surface area contributed by atoms with E-state index in [0.717, 1.165) is 5.56 Å². The number of thiophene rings is 1. The van der Waals surface area contributed by atoms with Gasteiger partial charge in [0.1, 0.15) is 17.1 Å².